The fourth-order valence-corrected chi connectivity index (χ4v) is 8.81. The van der Waals surface area contributed by atoms with Crippen LogP contribution >= 0.6 is 11.9 Å². The van der Waals surface area contributed by atoms with Gasteiger partial charge in [0.15, 0.2) is 0 Å². The number of amides is 3. The van der Waals surface area contributed by atoms with Gasteiger partial charge in [-0.05, 0) is 142 Å². The normalized spacial score (nSPS) is 23.7. The van der Waals surface area contributed by atoms with Gasteiger partial charge in [0.05, 0.1) is 43.2 Å². The number of rotatable bonds is 23. The van der Waals surface area contributed by atoms with Crippen LogP contribution in [0.15, 0.2) is 72.4 Å². The second-order valence-corrected chi connectivity index (χ2v) is 19.1. The largest absolute Gasteiger partial charge is 0.390 e. The van der Waals surface area contributed by atoms with E-state index in [9.17, 15) is 19.5 Å². The highest BCUT2D eigenvalue weighted by atomic mass is 32.2. The van der Waals surface area contributed by atoms with Gasteiger partial charge in [-0.2, -0.15) is 0 Å². The second-order valence-electron chi connectivity index (χ2n) is 17.8. The number of nitrogens with two attached hydrogens (primary N) is 4. The summed E-state index contributed by atoms with van der Waals surface area (Å²) < 4.78 is 26.6. The highest BCUT2D eigenvalue weighted by Crippen LogP contribution is 2.33. The van der Waals surface area contributed by atoms with E-state index >= 15 is 0 Å². The van der Waals surface area contributed by atoms with E-state index in [0.29, 0.717) is 36.5 Å². The predicted octanol–water partition coefficient (Wildman–Crippen LogP) is 7.37. The first-order chi connectivity index (χ1) is 36.6. The molecule has 2 saturated heterocycles. The van der Waals surface area contributed by atoms with Crippen LogP contribution in [0.3, 0.4) is 0 Å². The molecule has 3 amide bonds. The number of unbranched alkanes of at least 4 members (excludes halogenated alkanes) is 3. The summed E-state index contributed by atoms with van der Waals surface area (Å²) in [7, 11) is 6.80. The molecule has 0 aromatic heterocycles. The van der Waals surface area contributed by atoms with Gasteiger partial charge in [-0.15, -0.1) is 0 Å². The molecule has 0 bridgehead atoms. The Hall–Kier alpha value is -4.37. The molecule has 0 saturated carbocycles. The van der Waals surface area contributed by atoms with Crippen molar-refractivity contribution in [3.05, 3.63) is 83.5 Å². The number of benzene rings is 1. The molecule has 9 unspecified atom stereocenters. The minimum Gasteiger partial charge on any atom is -0.390 e. The van der Waals surface area contributed by atoms with Crippen LogP contribution in [0, 0.1) is 24.7 Å². The van der Waals surface area contributed by atoms with E-state index in [1.807, 2.05) is 53.0 Å². The second kappa shape index (κ2) is 55.4. The Bertz CT molecular complexity index is 1690. The van der Waals surface area contributed by atoms with Crippen LogP contribution in [0.1, 0.15) is 137 Å². The standard InChI is InChI=1S/C35H58N2O6S.C10H12O.C6H13NO.C2H4O.C2H6.2CH3NO.CH5N/c1-23(8-17-32-24(2)20-31(26(4)42-32)37-34(38)19-10-25(3)41-7)9-18-33-35(39)28(22-40-6)21-29(43-33)14-11-27-12-15-30(16-13-27)44-36-5;1-9-5-2-3-6-10(9)7-4-8-11;7-5-3-1-2-4-6-8;1-2-3;1-2;2*2-1-3;1-2/h8-10,12,15,18-19,24-33,35-36,39H,11,13-14,16-17,20-22H2,1-7H3,(H,37,38);2-3,5-6,8H,4,7H2,1H3;6H,1-5,7H2;2H,1H3;1-2H3;2*1H,(H2,2,3);2H2,1H3/b18-9+,19-10-,23-8+;;;;;;;/t24?,25?,26?,27?,28?,29-,30?,31?,32?,33?,35+;;;;;;;/m1......./s1. The number of aliphatic hydroxyl groups excluding tert-OH is 1. The molecular formula is C58H104N6O11S. The number of methoxy groups -OCH3 is 2. The number of carbonyl (C=O) groups is 6. The Labute approximate surface area is 463 Å². The lowest BCUT2D eigenvalue weighted by molar-refractivity contribution is -0.138. The Kier molecular flexibility index (Phi) is 56.9. The van der Waals surface area contributed by atoms with Gasteiger partial charge in [0.25, 0.3) is 0 Å². The minimum atomic E-state index is -0.591. The fraction of sp³-hybridized carbons (Fsp3) is 0.655. The van der Waals surface area contributed by atoms with Crippen LogP contribution in [0.25, 0.3) is 0 Å². The third-order valence-electron chi connectivity index (χ3n) is 12.1. The number of primary amides is 2. The van der Waals surface area contributed by atoms with E-state index in [0.717, 1.165) is 88.8 Å². The maximum atomic E-state index is 12.4. The molecule has 3 aliphatic rings. The molecule has 11 atom stereocenters. The van der Waals surface area contributed by atoms with E-state index in [1.165, 1.54) is 44.0 Å². The van der Waals surface area contributed by atoms with Crippen molar-refractivity contribution in [1.29, 1.82) is 0 Å². The molecule has 1 aromatic rings. The van der Waals surface area contributed by atoms with Crippen molar-refractivity contribution < 1.29 is 52.8 Å². The summed E-state index contributed by atoms with van der Waals surface area (Å²) in [5.74, 6) is 0.837. The highest BCUT2D eigenvalue weighted by molar-refractivity contribution is 7.98. The molecule has 1 aliphatic carbocycles. The minimum absolute atomic E-state index is 0.0254. The van der Waals surface area contributed by atoms with Crippen LogP contribution in [-0.2, 0) is 54.1 Å². The number of nitrogens with one attached hydrogen (secondary N) is 2. The molecule has 76 heavy (non-hydrogen) atoms. The fourth-order valence-electron chi connectivity index (χ4n) is 8.09. The molecule has 2 fully saturated rings. The average molecular weight is 1090 g/mol. The van der Waals surface area contributed by atoms with Crippen molar-refractivity contribution in [3.63, 3.8) is 0 Å². The Morgan fingerprint density at radius 3 is 2.09 bits per heavy atom. The van der Waals surface area contributed by atoms with E-state index < -0.39 is 6.10 Å². The summed E-state index contributed by atoms with van der Waals surface area (Å²) in [5, 5.41) is 14.7. The van der Waals surface area contributed by atoms with Crippen LogP contribution in [0.2, 0.25) is 0 Å². The summed E-state index contributed by atoms with van der Waals surface area (Å²) in [6.45, 7) is 17.0. The number of aldehydes is 3. The first-order valence-electron chi connectivity index (χ1n) is 26.9. The van der Waals surface area contributed by atoms with Gasteiger partial charge in [0.2, 0.25) is 18.7 Å². The summed E-state index contributed by atoms with van der Waals surface area (Å²) >= 11 is 1.79. The molecule has 2 aliphatic heterocycles. The van der Waals surface area contributed by atoms with E-state index in [2.05, 4.69) is 84.4 Å². The molecule has 2 heterocycles. The van der Waals surface area contributed by atoms with Crippen molar-refractivity contribution in [2.45, 2.75) is 187 Å². The first-order valence-corrected chi connectivity index (χ1v) is 27.8. The average Bonchev–Trinajstić information content (AvgIpc) is 3.42. The first kappa shape index (κ1) is 78.1. The quantitative estimate of drug-likeness (QED) is 0.0141. The van der Waals surface area contributed by atoms with Crippen molar-refractivity contribution >= 4 is 49.5 Å². The van der Waals surface area contributed by atoms with Crippen molar-refractivity contribution in [2.24, 2.45) is 40.7 Å². The number of carbonyl (C=O) groups excluding carboxylic acids is 6. The van der Waals surface area contributed by atoms with Gasteiger partial charge in [0, 0.05) is 44.3 Å². The SMILES string of the molecule is CC.CC=O.CN.CNSC1C=CC(CC[C@@H]2CC(COC)[C@H](O)C(/C=C/C(C)=C/CC3OC(C)C(NC(=O)/C=C\C(C)OC)CC3C)O2)CC1.Cc1ccccc1CCC=O.NC=O.NC=O.NCCCCCC=O. The van der Waals surface area contributed by atoms with Crippen molar-refractivity contribution in [2.75, 3.05) is 41.5 Å². The molecular weight excluding hydrogens is 989 g/mol. The maximum Gasteiger partial charge on any atom is 0.244 e. The van der Waals surface area contributed by atoms with Crippen LogP contribution < -0.4 is 33.0 Å². The Morgan fingerprint density at radius 2 is 1.55 bits per heavy atom. The lowest BCUT2D eigenvalue weighted by atomic mass is 9.85. The van der Waals surface area contributed by atoms with E-state index in [4.69, 9.17) is 39.1 Å². The molecule has 4 rings (SSSR count). The number of allylic oxidation sites excluding steroid dienone is 3. The maximum absolute atomic E-state index is 12.4. The summed E-state index contributed by atoms with van der Waals surface area (Å²) in [5.41, 5.74) is 21.7. The lowest BCUT2D eigenvalue weighted by Crippen LogP contribution is -2.50. The highest BCUT2D eigenvalue weighted by Gasteiger charge is 2.37. The monoisotopic (exact) mass is 1090 g/mol. The van der Waals surface area contributed by atoms with Crippen LogP contribution in [0.5, 0.6) is 0 Å². The van der Waals surface area contributed by atoms with Crippen molar-refractivity contribution in [1.82, 2.24) is 10.0 Å². The summed E-state index contributed by atoms with van der Waals surface area (Å²) in [4.78, 5) is 58.2. The number of ether oxygens (including phenoxy) is 4. The van der Waals surface area contributed by atoms with Gasteiger partial charge in [-0.1, -0.05) is 105 Å². The summed E-state index contributed by atoms with van der Waals surface area (Å²) in [6, 6.07) is 8.13. The zero-order valence-electron chi connectivity index (χ0n) is 48.4. The molecule has 0 spiro atoms. The van der Waals surface area contributed by atoms with Gasteiger partial charge in [0.1, 0.15) is 25.0 Å². The molecule has 438 valence electrons. The molecule has 18 heteroatoms. The predicted molar refractivity (Wildman–Crippen MR) is 312 cm³/mol. The van der Waals surface area contributed by atoms with Gasteiger partial charge in [-0.25, -0.2) is 0 Å². The van der Waals surface area contributed by atoms with E-state index in [-0.39, 0.29) is 61.2 Å². The van der Waals surface area contributed by atoms with Gasteiger partial charge in [-0.3, -0.25) is 19.1 Å². The Morgan fingerprint density at radius 1 is 0.921 bits per heavy atom. The molecule has 17 nitrogen and oxygen atoms in total. The van der Waals surface area contributed by atoms with Gasteiger partial charge >= 0.3 is 0 Å². The third kappa shape index (κ3) is 40.8. The zero-order chi connectivity index (χ0) is 58.5. The Balaban J connectivity index is -0.000000655. The van der Waals surface area contributed by atoms with Crippen LogP contribution in [0.4, 0.5) is 0 Å². The lowest BCUT2D eigenvalue weighted by Gasteiger charge is -2.39. The molecule has 0 radical (unpaired) electrons. The number of hydrogen-bond donors (Lipinski definition) is 7. The smallest absolute Gasteiger partial charge is 0.244 e. The molecule has 1 aromatic carbocycles. The number of hydrogen-bond acceptors (Lipinski definition) is 15. The summed E-state index contributed by atoms with van der Waals surface area (Å²) in [6.07, 6.45) is 28.9. The topological polar surface area (TPSA) is 288 Å². The van der Waals surface area contributed by atoms with E-state index in [1.54, 1.807) is 32.2 Å². The number of aliphatic hydroxyl groups is 1. The number of aryl methyl sites for hydroxylation is 2. The van der Waals surface area contributed by atoms with Crippen molar-refractivity contribution in [3.8, 4) is 0 Å². The van der Waals surface area contributed by atoms with Crippen LogP contribution in [-0.4, -0.2) is 132 Å². The molecule has 11 N–H and O–H groups in total. The zero-order valence-corrected chi connectivity index (χ0v) is 49.3. The third-order valence-corrected chi connectivity index (χ3v) is 13.1. The van der Waals surface area contributed by atoms with Gasteiger partial charge < -0.3 is 66.7 Å².